The summed E-state index contributed by atoms with van der Waals surface area (Å²) in [6.45, 7) is 3.93. The SMILES string of the molecule is CC(C)Nc1nc(Cl)nc(Nc2ccn(C)c(=O)c2)n1. The maximum atomic E-state index is 11.5. The smallest absolute Gasteiger partial charge is 0.252 e. The van der Waals surface area contributed by atoms with Crippen LogP contribution in [0, 0.1) is 0 Å². The fourth-order valence-corrected chi connectivity index (χ4v) is 1.64. The summed E-state index contributed by atoms with van der Waals surface area (Å²) in [6.07, 6.45) is 1.65. The van der Waals surface area contributed by atoms with Crippen molar-refractivity contribution in [1.82, 2.24) is 19.5 Å². The minimum Gasteiger partial charge on any atom is -0.352 e. The summed E-state index contributed by atoms with van der Waals surface area (Å²) in [4.78, 5) is 23.7. The minimum absolute atomic E-state index is 0.0782. The normalized spacial score (nSPS) is 10.7. The molecule has 0 spiro atoms. The van der Waals surface area contributed by atoms with Crippen molar-refractivity contribution in [3.8, 4) is 0 Å². The Kier molecular flexibility index (Phi) is 4.19. The topological polar surface area (TPSA) is 84.7 Å². The molecule has 0 aromatic carbocycles. The highest BCUT2D eigenvalue weighted by molar-refractivity contribution is 6.28. The second-order valence-electron chi connectivity index (χ2n) is 4.54. The van der Waals surface area contributed by atoms with E-state index >= 15 is 0 Å². The van der Waals surface area contributed by atoms with E-state index in [-0.39, 0.29) is 22.8 Å². The van der Waals surface area contributed by atoms with Crippen LogP contribution in [0.4, 0.5) is 17.6 Å². The molecule has 0 unspecified atom stereocenters. The third-order valence-electron chi connectivity index (χ3n) is 2.39. The number of aryl methyl sites for hydroxylation is 1. The van der Waals surface area contributed by atoms with E-state index in [4.69, 9.17) is 11.6 Å². The van der Waals surface area contributed by atoms with E-state index in [0.29, 0.717) is 11.6 Å². The molecule has 0 bridgehead atoms. The first-order chi connectivity index (χ1) is 9.44. The lowest BCUT2D eigenvalue weighted by molar-refractivity contribution is 0.859. The summed E-state index contributed by atoms with van der Waals surface area (Å²) in [7, 11) is 1.68. The van der Waals surface area contributed by atoms with Gasteiger partial charge in [-0.15, -0.1) is 0 Å². The van der Waals surface area contributed by atoms with E-state index in [1.165, 1.54) is 10.6 Å². The first-order valence-corrected chi connectivity index (χ1v) is 6.43. The molecule has 0 aliphatic heterocycles. The van der Waals surface area contributed by atoms with Gasteiger partial charge in [0, 0.05) is 31.0 Å². The van der Waals surface area contributed by atoms with Gasteiger partial charge in [-0.2, -0.15) is 15.0 Å². The zero-order valence-electron chi connectivity index (χ0n) is 11.4. The molecular formula is C12H15ClN6O. The monoisotopic (exact) mass is 294 g/mol. The van der Waals surface area contributed by atoms with Gasteiger partial charge in [-0.3, -0.25) is 4.79 Å². The number of pyridine rings is 1. The third kappa shape index (κ3) is 3.67. The predicted molar refractivity (Wildman–Crippen MR) is 78.6 cm³/mol. The highest BCUT2D eigenvalue weighted by Gasteiger charge is 2.06. The molecule has 2 aromatic heterocycles. The molecule has 0 fully saturated rings. The first kappa shape index (κ1) is 14.3. The van der Waals surface area contributed by atoms with Gasteiger partial charge in [-0.05, 0) is 31.5 Å². The fourth-order valence-electron chi connectivity index (χ4n) is 1.48. The van der Waals surface area contributed by atoms with E-state index in [9.17, 15) is 4.79 Å². The van der Waals surface area contributed by atoms with Crippen molar-refractivity contribution < 1.29 is 0 Å². The maximum absolute atomic E-state index is 11.5. The van der Waals surface area contributed by atoms with Gasteiger partial charge in [-0.25, -0.2) is 0 Å². The molecule has 2 rings (SSSR count). The number of nitrogens with zero attached hydrogens (tertiary/aromatic N) is 4. The van der Waals surface area contributed by atoms with Gasteiger partial charge < -0.3 is 15.2 Å². The lowest BCUT2D eigenvalue weighted by Crippen LogP contribution is -2.16. The lowest BCUT2D eigenvalue weighted by Gasteiger charge is -2.10. The van der Waals surface area contributed by atoms with Gasteiger partial charge >= 0.3 is 0 Å². The molecule has 2 aromatic rings. The highest BCUT2D eigenvalue weighted by Crippen LogP contribution is 2.14. The molecule has 0 atom stereocenters. The predicted octanol–water partition coefficient (Wildman–Crippen LogP) is 1.79. The summed E-state index contributed by atoms with van der Waals surface area (Å²) < 4.78 is 1.47. The van der Waals surface area contributed by atoms with Crippen LogP contribution < -0.4 is 16.2 Å². The van der Waals surface area contributed by atoms with E-state index in [1.54, 1.807) is 19.3 Å². The van der Waals surface area contributed by atoms with Crippen LogP contribution in [0.25, 0.3) is 0 Å². The molecule has 0 radical (unpaired) electrons. The van der Waals surface area contributed by atoms with Crippen molar-refractivity contribution >= 4 is 29.2 Å². The van der Waals surface area contributed by atoms with E-state index < -0.39 is 0 Å². The molecule has 0 saturated heterocycles. The summed E-state index contributed by atoms with van der Waals surface area (Å²) in [5.41, 5.74) is 0.460. The van der Waals surface area contributed by atoms with Crippen molar-refractivity contribution in [2.45, 2.75) is 19.9 Å². The summed E-state index contributed by atoms with van der Waals surface area (Å²) >= 11 is 5.85. The largest absolute Gasteiger partial charge is 0.352 e. The first-order valence-electron chi connectivity index (χ1n) is 6.06. The molecule has 2 heterocycles. The van der Waals surface area contributed by atoms with Crippen LogP contribution >= 0.6 is 11.6 Å². The van der Waals surface area contributed by atoms with Crippen molar-refractivity contribution in [3.63, 3.8) is 0 Å². The number of hydrogen-bond acceptors (Lipinski definition) is 6. The van der Waals surface area contributed by atoms with Crippen LogP contribution in [-0.4, -0.2) is 25.6 Å². The molecule has 2 N–H and O–H groups in total. The number of halogens is 1. The zero-order chi connectivity index (χ0) is 14.7. The quantitative estimate of drug-likeness (QED) is 0.894. The number of aromatic nitrogens is 4. The molecule has 8 heteroatoms. The molecular weight excluding hydrogens is 280 g/mol. The van der Waals surface area contributed by atoms with Gasteiger partial charge in [0.05, 0.1) is 0 Å². The molecule has 0 amide bonds. The Morgan fingerprint density at radius 1 is 1.25 bits per heavy atom. The summed E-state index contributed by atoms with van der Waals surface area (Å²) in [6, 6.07) is 3.37. The van der Waals surface area contributed by atoms with Gasteiger partial charge in [0.25, 0.3) is 5.56 Å². The summed E-state index contributed by atoms with van der Waals surface area (Å²) in [5, 5.41) is 6.04. The van der Waals surface area contributed by atoms with Crippen LogP contribution in [0.3, 0.4) is 0 Å². The molecule has 0 aliphatic carbocycles. The van der Waals surface area contributed by atoms with Gasteiger partial charge in [0.15, 0.2) is 0 Å². The Bertz CT molecular complexity index is 669. The van der Waals surface area contributed by atoms with Crippen LogP contribution in [0.2, 0.25) is 5.28 Å². The average molecular weight is 295 g/mol. The van der Waals surface area contributed by atoms with Crippen molar-refractivity contribution in [3.05, 3.63) is 34.0 Å². The van der Waals surface area contributed by atoms with E-state index in [0.717, 1.165) is 0 Å². The van der Waals surface area contributed by atoms with Gasteiger partial charge in [-0.1, -0.05) is 0 Å². The van der Waals surface area contributed by atoms with Gasteiger partial charge in [0.2, 0.25) is 17.2 Å². The second kappa shape index (κ2) is 5.87. The van der Waals surface area contributed by atoms with Crippen LogP contribution in [0.15, 0.2) is 23.1 Å². The van der Waals surface area contributed by atoms with Crippen molar-refractivity contribution in [2.75, 3.05) is 10.6 Å². The molecule has 0 saturated carbocycles. The Labute approximate surface area is 121 Å². The number of nitrogens with one attached hydrogen (secondary N) is 2. The Hall–Kier alpha value is -2.15. The Morgan fingerprint density at radius 2 is 1.95 bits per heavy atom. The maximum Gasteiger partial charge on any atom is 0.252 e. The molecule has 7 nitrogen and oxygen atoms in total. The molecule has 0 aliphatic rings. The molecule has 106 valence electrons. The summed E-state index contributed by atoms with van der Waals surface area (Å²) in [5.74, 6) is 0.660. The average Bonchev–Trinajstić information content (AvgIpc) is 2.32. The van der Waals surface area contributed by atoms with Crippen LogP contribution in [0.1, 0.15) is 13.8 Å². The standard InChI is InChI=1S/C12H15ClN6O/c1-7(2)14-11-16-10(13)17-12(18-11)15-8-4-5-19(3)9(20)6-8/h4-7H,1-3H3,(H2,14,15,16,17,18). The van der Waals surface area contributed by atoms with E-state index in [2.05, 4.69) is 25.6 Å². The second-order valence-corrected chi connectivity index (χ2v) is 4.88. The molecule has 20 heavy (non-hydrogen) atoms. The third-order valence-corrected chi connectivity index (χ3v) is 2.56. The Morgan fingerprint density at radius 3 is 2.60 bits per heavy atom. The van der Waals surface area contributed by atoms with Crippen LogP contribution in [0.5, 0.6) is 0 Å². The minimum atomic E-state index is -0.129. The van der Waals surface area contributed by atoms with Gasteiger partial charge in [0.1, 0.15) is 0 Å². The number of anilines is 3. The van der Waals surface area contributed by atoms with Crippen molar-refractivity contribution in [2.24, 2.45) is 7.05 Å². The zero-order valence-corrected chi connectivity index (χ0v) is 12.1. The fraction of sp³-hybridized carbons (Fsp3) is 0.333. The lowest BCUT2D eigenvalue weighted by atomic mass is 10.4. The number of hydrogen-bond donors (Lipinski definition) is 2. The van der Waals surface area contributed by atoms with Crippen molar-refractivity contribution in [1.29, 1.82) is 0 Å². The van der Waals surface area contributed by atoms with Crippen LogP contribution in [-0.2, 0) is 7.05 Å². The Balaban J connectivity index is 2.26. The highest BCUT2D eigenvalue weighted by atomic mass is 35.5. The van der Waals surface area contributed by atoms with E-state index in [1.807, 2.05) is 13.8 Å². The number of rotatable bonds is 4.